The summed E-state index contributed by atoms with van der Waals surface area (Å²) in [6.07, 6.45) is 0. The van der Waals surface area contributed by atoms with Crippen molar-refractivity contribution >= 4 is 5.95 Å². The number of hydrogen-bond acceptors (Lipinski definition) is 4. The van der Waals surface area contributed by atoms with Crippen molar-refractivity contribution in [2.45, 2.75) is 26.7 Å². The number of anilines is 1. The van der Waals surface area contributed by atoms with Crippen LogP contribution in [0.5, 0.6) is 0 Å². The summed E-state index contributed by atoms with van der Waals surface area (Å²) in [7, 11) is 0. The summed E-state index contributed by atoms with van der Waals surface area (Å²) in [6.45, 7) is 6.54. The maximum atomic E-state index is 5.59. The third-order valence-corrected chi connectivity index (χ3v) is 2.19. The molecule has 1 atom stereocenters. The highest BCUT2D eigenvalue weighted by Gasteiger charge is 2.12. The molecule has 1 aromatic heterocycles. The summed E-state index contributed by atoms with van der Waals surface area (Å²) in [5.41, 5.74) is 14.1. The Morgan fingerprint density at radius 2 is 1.69 bits per heavy atom. The van der Waals surface area contributed by atoms with E-state index in [4.69, 9.17) is 11.5 Å². The molecule has 0 spiro atoms. The largest absolute Gasteiger partial charge is 0.368 e. The highest BCUT2D eigenvalue weighted by atomic mass is 15.0. The van der Waals surface area contributed by atoms with Gasteiger partial charge in [0.25, 0.3) is 0 Å². The van der Waals surface area contributed by atoms with Gasteiger partial charge in [-0.2, -0.15) is 0 Å². The van der Waals surface area contributed by atoms with Crippen LogP contribution in [0, 0.1) is 13.8 Å². The Labute approximate surface area is 78.4 Å². The van der Waals surface area contributed by atoms with Gasteiger partial charge >= 0.3 is 0 Å². The summed E-state index contributed by atoms with van der Waals surface area (Å²) in [5, 5.41) is 0. The number of hydrogen-bond donors (Lipinski definition) is 2. The van der Waals surface area contributed by atoms with Crippen LogP contribution in [0.3, 0.4) is 0 Å². The van der Waals surface area contributed by atoms with Crippen LogP contribution in [0.1, 0.15) is 29.8 Å². The van der Waals surface area contributed by atoms with Gasteiger partial charge in [-0.25, -0.2) is 9.97 Å². The maximum absolute atomic E-state index is 5.59. The summed E-state index contributed by atoms with van der Waals surface area (Å²) in [4.78, 5) is 8.23. The molecule has 0 aliphatic carbocycles. The Morgan fingerprint density at radius 3 is 2.08 bits per heavy atom. The van der Waals surface area contributed by atoms with E-state index in [1.54, 1.807) is 0 Å². The summed E-state index contributed by atoms with van der Waals surface area (Å²) in [6, 6.07) is 0. The maximum Gasteiger partial charge on any atom is 0.220 e. The van der Waals surface area contributed by atoms with Gasteiger partial charge in [0, 0.05) is 11.4 Å². The first-order valence-corrected chi connectivity index (χ1v) is 4.37. The van der Waals surface area contributed by atoms with Gasteiger partial charge in [-0.05, 0) is 31.9 Å². The van der Waals surface area contributed by atoms with E-state index in [-0.39, 0.29) is 0 Å². The van der Waals surface area contributed by atoms with Crippen molar-refractivity contribution in [2.24, 2.45) is 5.73 Å². The van der Waals surface area contributed by atoms with Crippen LogP contribution >= 0.6 is 0 Å². The summed E-state index contributed by atoms with van der Waals surface area (Å²) in [5.74, 6) is 0.628. The standard InChI is InChI=1S/C9H16N4/c1-5(4-10)8-6(2)12-9(11)13-7(8)3/h5H,4,10H2,1-3H3,(H2,11,12,13). The molecule has 72 valence electrons. The second kappa shape index (κ2) is 3.70. The van der Waals surface area contributed by atoms with E-state index >= 15 is 0 Å². The third kappa shape index (κ3) is 1.95. The van der Waals surface area contributed by atoms with Crippen LogP contribution in [0.2, 0.25) is 0 Å². The second-order valence-corrected chi connectivity index (χ2v) is 3.30. The smallest absolute Gasteiger partial charge is 0.220 e. The molecule has 0 aliphatic heterocycles. The number of aryl methyl sites for hydroxylation is 2. The third-order valence-electron chi connectivity index (χ3n) is 2.19. The van der Waals surface area contributed by atoms with Gasteiger partial charge in [-0.15, -0.1) is 0 Å². The molecule has 1 heterocycles. The predicted molar refractivity (Wildman–Crippen MR) is 53.4 cm³/mol. The Balaban J connectivity index is 3.20. The number of rotatable bonds is 2. The van der Waals surface area contributed by atoms with Crippen LogP contribution in [-0.4, -0.2) is 16.5 Å². The topological polar surface area (TPSA) is 77.8 Å². The molecule has 4 nitrogen and oxygen atoms in total. The van der Waals surface area contributed by atoms with E-state index < -0.39 is 0 Å². The number of nitrogen functional groups attached to an aromatic ring is 1. The van der Waals surface area contributed by atoms with E-state index in [1.165, 1.54) is 0 Å². The first-order chi connectivity index (χ1) is 6.06. The molecule has 0 saturated carbocycles. The van der Waals surface area contributed by atoms with Crippen molar-refractivity contribution in [3.63, 3.8) is 0 Å². The summed E-state index contributed by atoms with van der Waals surface area (Å²) < 4.78 is 0. The Hall–Kier alpha value is -1.16. The van der Waals surface area contributed by atoms with Crippen molar-refractivity contribution in [1.29, 1.82) is 0 Å². The van der Waals surface area contributed by atoms with Crippen LogP contribution in [0.4, 0.5) is 5.95 Å². The van der Waals surface area contributed by atoms with E-state index in [9.17, 15) is 0 Å². The van der Waals surface area contributed by atoms with Crippen molar-refractivity contribution in [2.75, 3.05) is 12.3 Å². The van der Waals surface area contributed by atoms with Gasteiger partial charge in [0.15, 0.2) is 0 Å². The molecular formula is C9H16N4. The average Bonchev–Trinajstić information content (AvgIpc) is 2.02. The zero-order chi connectivity index (χ0) is 10.0. The number of nitrogens with zero attached hydrogens (tertiary/aromatic N) is 2. The molecule has 1 aromatic rings. The SMILES string of the molecule is Cc1nc(N)nc(C)c1C(C)CN. The first-order valence-electron chi connectivity index (χ1n) is 4.37. The molecule has 0 aromatic carbocycles. The molecule has 0 amide bonds. The quantitative estimate of drug-likeness (QED) is 0.703. The van der Waals surface area contributed by atoms with Gasteiger partial charge in [-0.3, -0.25) is 0 Å². The number of aromatic nitrogens is 2. The molecule has 0 fully saturated rings. The fraction of sp³-hybridized carbons (Fsp3) is 0.556. The average molecular weight is 180 g/mol. The molecule has 0 bridgehead atoms. The highest BCUT2D eigenvalue weighted by Crippen LogP contribution is 2.20. The fourth-order valence-corrected chi connectivity index (χ4v) is 1.58. The molecule has 4 N–H and O–H groups in total. The fourth-order valence-electron chi connectivity index (χ4n) is 1.58. The minimum atomic E-state index is 0.292. The molecule has 13 heavy (non-hydrogen) atoms. The molecule has 1 unspecified atom stereocenters. The second-order valence-electron chi connectivity index (χ2n) is 3.30. The highest BCUT2D eigenvalue weighted by molar-refractivity contribution is 5.33. The van der Waals surface area contributed by atoms with Gasteiger partial charge in [0.1, 0.15) is 0 Å². The van der Waals surface area contributed by atoms with Crippen LogP contribution < -0.4 is 11.5 Å². The predicted octanol–water partition coefficient (Wildman–Crippen LogP) is 0.738. The lowest BCUT2D eigenvalue weighted by Crippen LogP contribution is -2.14. The minimum absolute atomic E-state index is 0.292. The Bertz CT molecular complexity index is 285. The molecule has 4 heteroatoms. The lowest BCUT2D eigenvalue weighted by atomic mass is 9.98. The Kier molecular flexibility index (Phi) is 2.83. The zero-order valence-corrected chi connectivity index (χ0v) is 8.33. The Morgan fingerprint density at radius 1 is 1.23 bits per heavy atom. The van der Waals surface area contributed by atoms with E-state index in [0.29, 0.717) is 18.4 Å². The van der Waals surface area contributed by atoms with E-state index in [2.05, 4.69) is 16.9 Å². The van der Waals surface area contributed by atoms with E-state index in [0.717, 1.165) is 17.0 Å². The lowest BCUT2D eigenvalue weighted by molar-refractivity contribution is 0.744. The van der Waals surface area contributed by atoms with Crippen molar-refractivity contribution in [1.82, 2.24) is 9.97 Å². The van der Waals surface area contributed by atoms with Crippen LogP contribution in [0.15, 0.2) is 0 Å². The molecule has 0 saturated heterocycles. The monoisotopic (exact) mass is 180 g/mol. The summed E-state index contributed by atoms with van der Waals surface area (Å²) >= 11 is 0. The van der Waals surface area contributed by atoms with E-state index in [1.807, 2.05) is 13.8 Å². The molecule has 0 aliphatic rings. The van der Waals surface area contributed by atoms with Crippen LogP contribution in [0.25, 0.3) is 0 Å². The number of nitrogens with two attached hydrogens (primary N) is 2. The molecule has 0 radical (unpaired) electrons. The zero-order valence-electron chi connectivity index (χ0n) is 8.33. The van der Waals surface area contributed by atoms with Crippen molar-refractivity contribution < 1.29 is 0 Å². The molecular weight excluding hydrogens is 164 g/mol. The van der Waals surface area contributed by atoms with Gasteiger partial charge < -0.3 is 11.5 Å². The van der Waals surface area contributed by atoms with Crippen molar-refractivity contribution in [3.05, 3.63) is 17.0 Å². The minimum Gasteiger partial charge on any atom is -0.368 e. The van der Waals surface area contributed by atoms with Crippen LogP contribution in [-0.2, 0) is 0 Å². The molecule has 1 rings (SSSR count). The van der Waals surface area contributed by atoms with Gasteiger partial charge in [-0.1, -0.05) is 6.92 Å². The first kappa shape index (κ1) is 9.92. The normalized spacial score (nSPS) is 12.9. The van der Waals surface area contributed by atoms with Gasteiger partial charge in [0.2, 0.25) is 5.95 Å². The van der Waals surface area contributed by atoms with Crippen molar-refractivity contribution in [3.8, 4) is 0 Å². The lowest BCUT2D eigenvalue weighted by Gasteiger charge is -2.14. The van der Waals surface area contributed by atoms with Gasteiger partial charge in [0.05, 0.1) is 0 Å².